The molecule has 1 heterocycles. The van der Waals surface area contributed by atoms with Gasteiger partial charge < -0.3 is 5.11 Å². The molecule has 0 aromatic rings. The molecule has 1 N–H and O–H groups in total. The quantitative estimate of drug-likeness (QED) is 0.553. The van der Waals surface area contributed by atoms with Crippen LogP contribution >= 0.6 is 11.6 Å². The second kappa shape index (κ2) is 5.51. The van der Waals surface area contributed by atoms with Crippen LogP contribution < -0.4 is 0 Å². The molecule has 0 bridgehead atoms. The van der Waals surface area contributed by atoms with Crippen LogP contribution in [0.3, 0.4) is 0 Å². The van der Waals surface area contributed by atoms with Crippen molar-refractivity contribution in [3.63, 3.8) is 0 Å². The zero-order valence-electron chi connectivity index (χ0n) is 9.37. The van der Waals surface area contributed by atoms with Crippen molar-refractivity contribution in [3.8, 4) is 0 Å². The van der Waals surface area contributed by atoms with Gasteiger partial charge in [-0.25, -0.2) is 0 Å². The van der Waals surface area contributed by atoms with Crippen LogP contribution in [0.5, 0.6) is 0 Å². The summed E-state index contributed by atoms with van der Waals surface area (Å²) in [6.07, 6.45) is 8.18. The normalized spacial score (nSPS) is 36.4. The number of hydrogen-bond acceptors (Lipinski definition) is 2. The predicted molar refractivity (Wildman–Crippen MR) is 63.3 cm³/mol. The van der Waals surface area contributed by atoms with E-state index in [-0.39, 0.29) is 6.10 Å². The van der Waals surface area contributed by atoms with Gasteiger partial charge in [0.15, 0.2) is 0 Å². The Hall–Kier alpha value is 0.210. The molecule has 1 aliphatic heterocycles. The van der Waals surface area contributed by atoms with Crippen LogP contribution in [0.15, 0.2) is 0 Å². The van der Waals surface area contributed by atoms with Crippen LogP contribution in [0.4, 0.5) is 0 Å². The smallest absolute Gasteiger partial charge is 0.0564 e. The zero-order valence-corrected chi connectivity index (χ0v) is 10.1. The van der Waals surface area contributed by atoms with Gasteiger partial charge >= 0.3 is 0 Å². The molecule has 0 aromatic heterocycles. The van der Waals surface area contributed by atoms with E-state index >= 15 is 0 Å². The van der Waals surface area contributed by atoms with Crippen molar-refractivity contribution in [2.24, 2.45) is 0 Å². The van der Waals surface area contributed by atoms with Crippen molar-refractivity contribution in [1.29, 1.82) is 0 Å². The third kappa shape index (κ3) is 3.08. The molecule has 0 amide bonds. The Balaban J connectivity index is 1.89. The van der Waals surface area contributed by atoms with E-state index in [2.05, 4.69) is 4.90 Å². The van der Waals surface area contributed by atoms with Crippen molar-refractivity contribution >= 4 is 11.6 Å². The lowest BCUT2D eigenvalue weighted by Gasteiger charge is -2.37. The monoisotopic (exact) mass is 231 g/mol. The Labute approximate surface area is 97.6 Å². The molecule has 2 aliphatic rings. The molecule has 2 fully saturated rings. The molecular formula is C12H22ClNO. The van der Waals surface area contributed by atoms with E-state index in [4.69, 9.17) is 11.6 Å². The molecule has 1 saturated heterocycles. The lowest BCUT2D eigenvalue weighted by molar-refractivity contribution is 0.0576. The van der Waals surface area contributed by atoms with Gasteiger partial charge in [-0.1, -0.05) is 19.3 Å². The molecule has 2 atom stereocenters. The van der Waals surface area contributed by atoms with Crippen molar-refractivity contribution in [2.45, 2.75) is 62.5 Å². The van der Waals surface area contributed by atoms with Crippen LogP contribution in [0, 0.1) is 0 Å². The second-order valence-corrected chi connectivity index (χ2v) is 5.55. The van der Waals surface area contributed by atoms with Gasteiger partial charge in [-0.05, 0) is 25.7 Å². The maximum absolute atomic E-state index is 9.49. The first-order valence-corrected chi connectivity index (χ1v) is 6.77. The van der Waals surface area contributed by atoms with Crippen LogP contribution in [0.25, 0.3) is 0 Å². The van der Waals surface area contributed by atoms with E-state index < -0.39 is 0 Å². The van der Waals surface area contributed by atoms with Gasteiger partial charge in [0.2, 0.25) is 0 Å². The van der Waals surface area contributed by atoms with E-state index in [1.807, 2.05) is 0 Å². The highest BCUT2D eigenvalue weighted by Gasteiger charge is 2.29. The zero-order chi connectivity index (χ0) is 10.7. The average Bonchev–Trinajstić information content (AvgIpc) is 2.44. The number of alkyl halides is 1. The third-order valence-corrected chi connectivity index (χ3v) is 4.37. The summed E-state index contributed by atoms with van der Waals surface area (Å²) in [4.78, 5) is 2.51. The Morgan fingerprint density at radius 1 is 0.933 bits per heavy atom. The Bertz CT molecular complexity index is 192. The number of nitrogens with zero attached hydrogens (tertiary/aromatic N) is 1. The Kier molecular flexibility index (Phi) is 4.30. The van der Waals surface area contributed by atoms with Gasteiger partial charge in [-0.3, -0.25) is 4.90 Å². The molecular weight excluding hydrogens is 210 g/mol. The van der Waals surface area contributed by atoms with Gasteiger partial charge in [0.25, 0.3) is 0 Å². The summed E-state index contributed by atoms with van der Waals surface area (Å²) >= 11 is 6.45. The highest BCUT2D eigenvalue weighted by molar-refractivity contribution is 6.21. The minimum atomic E-state index is -0.0687. The minimum absolute atomic E-state index is 0.0687. The first kappa shape index (κ1) is 11.7. The van der Waals surface area contributed by atoms with Gasteiger partial charge in [0, 0.05) is 24.5 Å². The van der Waals surface area contributed by atoms with Crippen molar-refractivity contribution < 1.29 is 5.11 Å². The number of hydrogen-bond donors (Lipinski definition) is 1. The predicted octanol–water partition coefficient (Wildman–Crippen LogP) is 2.38. The molecule has 0 radical (unpaired) electrons. The molecule has 1 aliphatic carbocycles. The summed E-state index contributed by atoms with van der Waals surface area (Å²) in [5.74, 6) is 0. The molecule has 2 rings (SSSR count). The maximum Gasteiger partial charge on any atom is 0.0564 e. The van der Waals surface area contributed by atoms with Crippen LogP contribution in [0.1, 0.15) is 44.9 Å². The van der Waals surface area contributed by atoms with Gasteiger partial charge in [0.05, 0.1) is 6.10 Å². The molecule has 88 valence electrons. The molecule has 2 unspecified atom stereocenters. The summed E-state index contributed by atoms with van der Waals surface area (Å²) in [5.41, 5.74) is 0. The molecule has 15 heavy (non-hydrogen) atoms. The summed E-state index contributed by atoms with van der Waals surface area (Å²) in [6, 6.07) is 0.571. The summed E-state index contributed by atoms with van der Waals surface area (Å²) in [7, 11) is 0. The first-order chi connectivity index (χ1) is 7.27. The lowest BCUT2D eigenvalue weighted by atomic mass is 10.0. The molecule has 1 saturated carbocycles. The van der Waals surface area contributed by atoms with Crippen LogP contribution in [0.2, 0.25) is 0 Å². The maximum atomic E-state index is 9.49. The van der Waals surface area contributed by atoms with Crippen molar-refractivity contribution in [1.82, 2.24) is 4.90 Å². The second-order valence-electron chi connectivity index (χ2n) is 4.99. The highest BCUT2D eigenvalue weighted by atomic mass is 35.5. The number of aliphatic hydroxyl groups excluding tert-OH is 1. The molecule has 2 nitrogen and oxygen atoms in total. The number of piperidine rings is 1. The van der Waals surface area contributed by atoms with Crippen molar-refractivity contribution in [2.75, 3.05) is 13.1 Å². The van der Waals surface area contributed by atoms with Gasteiger partial charge in [-0.2, -0.15) is 0 Å². The van der Waals surface area contributed by atoms with E-state index in [9.17, 15) is 5.11 Å². The minimum Gasteiger partial charge on any atom is -0.393 e. The Morgan fingerprint density at radius 3 is 2.33 bits per heavy atom. The van der Waals surface area contributed by atoms with Crippen LogP contribution in [-0.2, 0) is 0 Å². The lowest BCUT2D eigenvalue weighted by Crippen LogP contribution is -2.46. The largest absolute Gasteiger partial charge is 0.393 e. The highest BCUT2D eigenvalue weighted by Crippen LogP contribution is 2.28. The summed E-state index contributed by atoms with van der Waals surface area (Å²) < 4.78 is 0. The molecule has 0 aromatic carbocycles. The van der Waals surface area contributed by atoms with Crippen molar-refractivity contribution in [3.05, 3.63) is 0 Å². The summed E-state index contributed by atoms with van der Waals surface area (Å²) in [6.45, 7) is 2.07. The standard InChI is InChI=1S/C12H22ClNO/c13-11-4-2-1-3-5-12(11)14-8-6-10(15)7-9-14/h10-12,15H,1-9H2. The Morgan fingerprint density at radius 2 is 1.60 bits per heavy atom. The number of likely N-dealkylation sites (tertiary alicyclic amines) is 1. The van der Waals surface area contributed by atoms with E-state index in [0.29, 0.717) is 11.4 Å². The fraction of sp³-hybridized carbons (Fsp3) is 1.00. The molecule has 0 spiro atoms. The van der Waals surface area contributed by atoms with E-state index in [1.165, 1.54) is 32.1 Å². The van der Waals surface area contributed by atoms with E-state index in [1.54, 1.807) is 0 Å². The average molecular weight is 232 g/mol. The number of halogens is 1. The SMILES string of the molecule is OC1CCN(C2CCCCCC2Cl)CC1. The first-order valence-electron chi connectivity index (χ1n) is 6.33. The topological polar surface area (TPSA) is 23.5 Å². The van der Waals surface area contributed by atoms with E-state index in [0.717, 1.165) is 25.9 Å². The number of rotatable bonds is 1. The summed E-state index contributed by atoms with van der Waals surface area (Å²) in [5, 5.41) is 9.82. The molecule has 3 heteroatoms. The third-order valence-electron chi connectivity index (χ3n) is 3.87. The van der Waals surface area contributed by atoms with Gasteiger partial charge in [-0.15, -0.1) is 11.6 Å². The van der Waals surface area contributed by atoms with Crippen LogP contribution in [-0.4, -0.2) is 40.6 Å². The number of aliphatic hydroxyl groups is 1. The fourth-order valence-corrected chi connectivity index (χ4v) is 3.31. The van der Waals surface area contributed by atoms with Gasteiger partial charge in [0.1, 0.15) is 0 Å². The fourth-order valence-electron chi connectivity index (χ4n) is 2.87.